The number of terminal acetylenes is 1. The number of piperazine rings is 1. The molecule has 6 atom stereocenters. The van der Waals surface area contributed by atoms with Crippen LogP contribution < -0.4 is 4.90 Å². The number of benzene rings is 2. The first-order chi connectivity index (χ1) is 22.3. The van der Waals surface area contributed by atoms with Crippen molar-refractivity contribution >= 4 is 28.4 Å². The van der Waals surface area contributed by atoms with Crippen LogP contribution in [0, 0.1) is 29.6 Å². The van der Waals surface area contributed by atoms with Crippen LogP contribution in [-0.2, 0) is 11.2 Å². The molecule has 2 amide bonds. The number of amides is 2. The number of aliphatic hydroxyl groups is 1. The highest BCUT2D eigenvalue weighted by atomic mass is 16.3. The highest BCUT2D eigenvalue weighted by molar-refractivity contribution is 5.98. The lowest BCUT2D eigenvalue weighted by atomic mass is 9.53. The van der Waals surface area contributed by atoms with Crippen LogP contribution in [-0.4, -0.2) is 76.1 Å². The van der Waals surface area contributed by atoms with Crippen molar-refractivity contribution < 1.29 is 14.7 Å². The fraction of sp³-hybridized carbons (Fsp3) is 0.513. The summed E-state index contributed by atoms with van der Waals surface area (Å²) in [6.07, 6.45) is 13.5. The Labute approximate surface area is 272 Å². The first-order valence-electron chi connectivity index (χ1n) is 17.3. The maximum atomic E-state index is 13.8. The number of nitrogens with zero attached hydrogens (tertiary/aromatic N) is 4. The Bertz CT molecular complexity index is 1740. The number of carbonyl (C=O) groups excluding carboxylic acids is 2. The van der Waals surface area contributed by atoms with Gasteiger partial charge >= 0.3 is 0 Å². The van der Waals surface area contributed by atoms with E-state index in [1.807, 2.05) is 35.2 Å². The zero-order valence-electron chi connectivity index (χ0n) is 26.8. The van der Waals surface area contributed by atoms with E-state index in [1.165, 1.54) is 23.2 Å². The zero-order chi connectivity index (χ0) is 31.6. The average molecular weight is 617 g/mol. The maximum Gasteiger partial charge on any atom is 0.273 e. The largest absolute Gasteiger partial charge is 0.377 e. The summed E-state index contributed by atoms with van der Waals surface area (Å²) < 4.78 is 0. The second-order valence-corrected chi connectivity index (χ2v) is 14.7. The van der Waals surface area contributed by atoms with Gasteiger partial charge < -0.3 is 19.8 Å². The molecule has 3 aliphatic carbocycles. The number of likely N-dealkylation sites (tertiary alicyclic amines) is 1. The first-order valence-corrected chi connectivity index (χ1v) is 17.3. The minimum absolute atomic E-state index is 0.0633. The fourth-order valence-electron chi connectivity index (χ4n) is 10.00. The van der Waals surface area contributed by atoms with Crippen molar-refractivity contribution in [3.8, 4) is 12.3 Å². The van der Waals surface area contributed by atoms with Crippen LogP contribution in [0.25, 0.3) is 10.9 Å². The third-order valence-corrected chi connectivity index (χ3v) is 12.7. The molecule has 2 aliphatic heterocycles. The van der Waals surface area contributed by atoms with Gasteiger partial charge in [-0.2, -0.15) is 0 Å². The summed E-state index contributed by atoms with van der Waals surface area (Å²) in [5, 5.41) is 12.3. The smallest absolute Gasteiger partial charge is 0.273 e. The molecule has 5 aliphatic rings. The second-order valence-electron chi connectivity index (χ2n) is 14.7. The van der Waals surface area contributed by atoms with Gasteiger partial charge in [-0.25, -0.2) is 4.98 Å². The van der Waals surface area contributed by atoms with Crippen molar-refractivity contribution in [2.24, 2.45) is 17.3 Å². The number of fused-ring (bicyclic) bond motifs is 6. The third kappa shape index (κ3) is 4.55. The molecule has 7 nitrogen and oxygen atoms in total. The molecule has 46 heavy (non-hydrogen) atoms. The van der Waals surface area contributed by atoms with Crippen LogP contribution in [0.2, 0.25) is 0 Å². The number of carbonyl (C=O) groups is 2. The molecule has 7 heteroatoms. The zero-order valence-corrected chi connectivity index (χ0v) is 26.8. The SMILES string of the molecule is C#C[C@@]1(O)CC[C@H]2[C@@H]3CCc4ccc(N5CCN(C(=O)[C@@H]6CCCN6C(=O)c6ccc7ccccc7n6)CC5)cc4[C@H]3CC[C@@]21C. The lowest BCUT2D eigenvalue weighted by molar-refractivity contribution is -0.135. The first kappa shape index (κ1) is 29.5. The Morgan fingerprint density at radius 2 is 1.78 bits per heavy atom. The van der Waals surface area contributed by atoms with Crippen molar-refractivity contribution in [1.29, 1.82) is 0 Å². The molecule has 1 N–H and O–H groups in total. The number of para-hydroxylation sites is 1. The van der Waals surface area contributed by atoms with Gasteiger partial charge in [0, 0.05) is 49.2 Å². The quantitative estimate of drug-likeness (QED) is 0.399. The van der Waals surface area contributed by atoms with Gasteiger partial charge in [0.15, 0.2) is 0 Å². The summed E-state index contributed by atoms with van der Waals surface area (Å²) in [6.45, 7) is 5.69. The number of rotatable bonds is 3. The number of aryl methyl sites for hydroxylation is 1. The predicted molar refractivity (Wildman–Crippen MR) is 179 cm³/mol. The molecule has 0 radical (unpaired) electrons. The topological polar surface area (TPSA) is 77.0 Å². The molecule has 4 fully saturated rings. The van der Waals surface area contributed by atoms with Gasteiger partial charge in [-0.3, -0.25) is 9.59 Å². The summed E-state index contributed by atoms with van der Waals surface area (Å²) in [7, 11) is 0. The summed E-state index contributed by atoms with van der Waals surface area (Å²) in [4.78, 5) is 38.1. The summed E-state index contributed by atoms with van der Waals surface area (Å²) in [6, 6.07) is 18.1. The monoisotopic (exact) mass is 616 g/mol. The normalized spacial score (nSPS) is 32.1. The van der Waals surface area contributed by atoms with Crippen LogP contribution in [0.1, 0.15) is 79.4 Å². The minimum atomic E-state index is -0.974. The minimum Gasteiger partial charge on any atom is -0.377 e. The molecule has 0 bridgehead atoms. The van der Waals surface area contributed by atoms with E-state index in [9.17, 15) is 14.7 Å². The lowest BCUT2D eigenvalue weighted by Crippen LogP contribution is -2.54. The number of pyridine rings is 1. The van der Waals surface area contributed by atoms with Crippen molar-refractivity contribution in [3.63, 3.8) is 0 Å². The number of hydrogen-bond acceptors (Lipinski definition) is 5. The van der Waals surface area contributed by atoms with Gasteiger partial charge in [0.1, 0.15) is 17.3 Å². The van der Waals surface area contributed by atoms with E-state index >= 15 is 0 Å². The molecule has 3 heterocycles. The Kier molecular flexibility index (Phi) is 7.14. The molecular formula is C39H44N4O3. The van der Waals surface area contributed by atoms with Crippen molar-refractivity contribution in [2.75, 3.05) is 37.6 Å². The third-order valence-electron chi connectivity index (χ3n) is 12.7. The average Bonchev–Trinajstić information content (AvgIpc) is 3.70. The fourth-order valence-corrected chi connectivity index (χ4v) is 10.00. The Balaban J connectivity index is 0.937. The van der Waals surface area contributed by atoms with Crippen LogP contribution in [0.5, 0.6) is 0 Å². The van der Waals surface area contributed by atoms with E-state index in [0.29, 0.717) is 49.5 Å². The Hall–Kier alpha value is -3.89. The van der Waals surface area contributed by atoms with Gasteiger partial charge in [0.25, 0.3) is 5.91 Å². The van der Waals surface area contributed by atoms with Gasteiger partial charge in [0.05, 0.1) is 5.52 Å². The Morgan fingerprint density at radius 1 is 0.957 bits per heavy atom. The van der Waals surface area contributed by atoms with Crippen LogP contribution in [0.4, 0.5) is 5.69 Å². The molecule has 2 saturated heterocycles. The van der Waals surface area contributed by atoms with E-state index in [1.54, 1.807) is 11.0 Å². The number of aromatic nitrogens is 1. The highest BCUT2D eigenvalue weighted by Gasteiger charge is 2.61. The molecular weight excluding hydrogens is 572 g/mol. The standard InChI is InChI=1S/C39H44N4O3/c1-3-39(46)19-17-32-30-14-11-26-10-13-28(25-31(26)29(30)16-18-38(32,39)2)41-21-23-42(24-22-41)37(45)35-9-6-20-43(35)36(44)34-15-12-27-7-4-5-8-33(27)40-34/h1,4-5,7-8,10,12-13,15,25,29-30,32,35,46H,6,9,11,14,16-24H2,2H3/t29-,30+,32-,35-,38-,39+/m0/s1. The lowest BCUT2D eigenvalue weighted by Gasteiger charge is -2.52. The molecule has 2 saturated carbocycles. The van der Waals surface area contributed by atoms with Crippen molar-refractivity contribution in [1.82, 2.24) is 14.8 Å². The maximum absolute atomic E-state index is 13.8. The van der Waals surface area contributed by atoms with E-state index < -0.39 is 11.6 Å². The van der Waals surface area contributed by atoms with Crippen LogP contribution in [0.15, 0.2) is 54.6 Å². The Morgan fingerprint density at radius 3 is 2.61 bits per heavy atom. The number of anilines is 1. The summed E-state index contributed by atoms with van der Waals surface area (Å²) in [5.41, 5.74) is 4.24. The molecule has 8 rings (SSSR count). The van der Waals surface area contributed by atoms with E-state index in [4.69, 9.17) is 6.42 Å². The van der Waals surface area contributed by atoms with Gasteiger partial charge in [-0.05, 0) is 105 Å². The predicted octanol–water partition coefficient (Wildman–Crippen LogP) is 5.41. The van der Waals surface area contributed by atoms with Crippen LogP contribution in [0.3, 0.4) is 0 Å². The van der Waals surface area contributed by atoms with Crippen molar-refractivity contribution in [3.05, 3.63) is 71.4 Å². The summed E-state index contributed by atoms with van der Waals surface area (Å²) >= 11 is 0. The van der Waals surface area contributed by atoms with Gasteiger partial charge in [-0.15, -0.1) is 6.42 Å². The van der Waals surface area contributed by atoms with Gasteiger partial charge in [-0.1, -0.05) is 43.2 Å². The van der Waals surface area contributed by atoms with Gasteiger partial charge in [0.2, 0.25) is 5.91 Å². The molecule has 1 aromatic heterocycles. The van der Waals surface area contributed by atoms with Crippen molar-refractivity contribution in [2.45, 2.75) is 75.9 Å². The van der Waals surface area contributed by atoms with E-state index in [0.717, 1.165) is 62.5 Å². The summed E-state index contributed by atoms with van der Waals surface area (Å²) in [5.74, 6) is 4.26. The van der Waals surface area contributed by atoms with E-state index in [-0.39, 0.29) is 17.2 Å². The molecule has 0 unspecified atom stereocenters. The number of hydrogen-bond donors (Lipinski definition) is 1. The molecule has 0 spiro atoms. The molecule has 3 aromatic rings. The van der Waals surface area contributed by atoms with E-state index in [2.05, 4.69) is 40.9 Å². The van der Waals surface area contributed by atoms with Crippen LogP contribution >= 0.6 is 0 Å². The molecule has 2 aromatic carbocycles. The molecule has 238 valence electrons. The highest BCUT2D eigenvalue weighted by Crippen LogP contribution is 2.64. The second kappa shape index (κ2) is 11.1.